The number of carbonyl (C=O) groups is 1. The Labute approximate surface area is 172 Å². The van der Waals surface area contributed by atoms with Gasteiger partial charge in [0, 0.05) is 24.7 Å². The number of rotatable bonds is 7. The van der Waals surface area contributed by atoms with Crippen molar-refractivity contribution in [3.63, 3.8) is 0 Å². The molecule has 1 aromatic heterocycles. The molecular formula is C23H29N3O3. The Balaban J connectivity index is 1.26. The predicted octanol–water partition coefficient (Wildman–Crippen LogP) is 2.95. The number of ether oxygens (including phenoxy) is 2. The lowest BCUT2D eigenvalue weighted by molar-refractivity contribution is -0.125. The summed E-state index contributed by atoms with van der Waals surface area (Å²) in [5, 5.41) is 3.03. The average Bonchev–Trinajstić information content (AvgIpc) is 3.28. The van der Waals surface area contributed by atoms with E-state index in [0.29, 0.717) is 19.7 Å². The van der Waals surface area contributed by atoms with Crippen molar-refractivity contribution >= 4 is 5.91 Å². The first-order valence-corrected chi connectivity index (χ1v) is 10.4. The van der Waals surface area contributed by atoms with Gasteiger partial charge in [0.2, 0.25) is 5.91 Å². The van der Waals surface area contributed by atoms with E-state index in [1.54, 1.807) is 6.20 Å². The Hall–Kier alpha value is -2.60. The molecule has 0 saturated carbocycles. The summed E-state index contributed by atoms with van der Waals surface area (Å²) < 4.78 is 11.9. The second-order valence-electron chi connectivity index (χ2n) is 8.37. The first-order chi connectivity index (χ1) is 14.0. The third-order valence-electron chi connectivity index (χ3n) is 5.47. The van der Waals surface area contributed by atoms with E-state index in [0.717, 1.165) is 43.0 Å². The second-order valence-corrected chi connectivity index (χ2v) is 8.37. The summed E-state index contributed by atoms with van der Waals surface area (Å²) in [5.41, 5.74) is 1.97. The topological polar surface area (TPSA) is 63.7 Å². The second kappa shape index (κ2) is 8.41. The van der Waals surface area contributed by atoms with Crippen LogP contribution in [0.15, 0.2) is 42.6 Å². The van der Waals surface area contributed by atoms with Crippen LogP contribution in [0.3, 0.4) is 0 Å². The number of benzene rings is 1. The van der Waals surface area contributed by atoms with Crippen molar-refractivity contribution in [2.24, 2.45) is 0 Å². The van der Waals surface area contributed by atoms with E-state index in [4.69, 9.17) is 9.47 Å². The molecule has 1 N–H and O–H groups in total. The van der Waals surface area contributed by atoms with Gasteiger partial charge in [-0.15, -0.1) is 0 Å². The minimum absolute atomic E-state index is 0.0673. The third kappa shape index (κ3) is 4.70. The average molecular weight is 396 g/mol. The number of likely N-dealkylation sites (tertiary alicyclic amines) is 1. The van der Waals surface area contributed by atoms with E-state index in [1.807, 2.05) is 30.3 Å². The summed E-state index contributed by atoms with van der Waals surface area (Å²) in [6.45, 7) is 6.68. The smallest absolute Gasteiger partial charge is 0.237 e. The van der Waals surface area contributed by atoms with Gasteiger partial charge in [-0.1, -0.05) is 18.2 Å². The summed E-state index contributed by atoms with van der Waals surface area (Å²) in [7, 11) is 0. The van der Waals surface area contributed by atoms with Crippen molar-refractivity contribution < 1.29 is 14.3 Å². The maximum Gasteiger partial charge on any atom is 0.237 e. The van der Waals surface area contributed by atoms with Crippen molar-refractivity contribution in [3.8, 4) is 11.5 Å². The highest BCUT2D eigenvalue weighted by Crippen LogP contribution is 2.41. The molecule has 0 radical (unpaired) electrons. The molecule has 6 nitrogen and oxygen atoms in total. The van der Waals surface area contributed by atoms with Crippen LogP contribution in [0.4, 0.5) is 0 Å². The minimum Gasteiger partial charge on any atom is -0.488 e. The quantitative estimate of drug-likeness (QED) is 0.731. The van der Waals surface area contributed by atoms with Crippen LogP contribution in [0, 0.1) is 0 Å². The molecule has 1 saturated heterocycles. The number of amides is 1. The summed E-state index contributed by atoms with van der Waals surface area (Å²) >= 11 is 0. The van der Waals surface area contributed by atoms with Crippen LogP contribution in [0.1, 0.15) is 37.9 Å². The molecule has 154 valence electrons. The van der Waals surface area contributed by atoms with Crippen LogP contribution in [0.2, 0.25) is 0 Å². The summed E-state index contributed by atoms with van der Waals surface area (Å²) in [6.07, 6.45) is 4.59. The first-order valence-electron chi connectivity index (χ1n) is 10.4. The summed E-state index contributed by atoms with van der Waals surface area (Å²) in [6, 6.07) is 11.8. The van der Waals surface area contributed by atoms with Crippen molar-refractivity contribution in [2.45, 2.75) is 51.3 Å². The molecule has 0 spiro atoms. The highest BCUT2D eigenvalue weighted by molar-refractivity contribution is 5.82. The first kappa shape index (κ1) is 19.7. The van der Waals surface area contributed by atoms with Gasteiger partial charge in [0.25, 0.3) is 0 Å². The number of carbonyl (C=O) groups excluding carboxylic acids is 1. The fourth-order valence-corrected chi connectivity index (χ4v) is 4.17. The fraction of sp³-hybridized carbons (Fsp3) is 0.478. The lowest BCUT2D eigenvalue weighted by atomic mass is 10.0. The monoisotopic (exact) mass is 395 g/mol. The molecule has 1 unspecified atom stereocenters. The molecule has 1 atom stereocenters. The molecule has 0 bridgehead atoms. The zero-order valence-electron chi connectivity index (χ0n) is 17.2. The van der Waals surface area contributed by atoms with Gasteiger partial charge in [0.15, 0.2) is 11.5 Å². The molecule has 6 heteroatoms. The fourth-order valence-electron chi connectivity index (χ4n) is 4.17. The molecule has 2 aliphatic rings. The van der Waals surface area contributed by atoms with Crippen LogP contribution < -0.4 is 14.8 Å². The largest absolute Gasteiger partial charge is 0.488 e. The molecule has 4 rings (SSSR count). The number of fused-ring (bicyclic) bond motifs is 1. The van der Waals surface area contributed by atoms with Gasteiger partial charge in [-0.2, -0.15) is 0 Å². The van der Waals surface area contributed by atoms with E-state index < -0.39 is 0 Å². The van der Waals surface area contributed by atoms with Gasteiger partial charge in [0.05, 0.1) is 18.3 Å². The number of pyridine rings is 1. The highest BCUT2D eigenvalue weighted by atomic mass is 16.5. The Morgan fingerprint density at radius 2 is 2.21 bits per heavy atom. The lowest BCUT2D eigenvalue weighted by Gasteiger charge is -2.23. The van der Waals surface area contributed by atoms with Crippen molar-refractivity contribution in [1.29, 1.82) is 0 Å². The van der Waals surface area contributed by atoms with Gasteiger partial charge < -0.3 is 14.8 Å². The zero-order chi connectivity index (χ0) is 20.3. The number of nitrogens with zero attached hydrogens (tertiary/aromatic N) is 2. The van der Waals surface area contributed by atoms with Crippen molar-refractivity contribution in [1.82, 2.24) is 15.2 Å². The van der Waals surface area contributed by atoms with E-state index >= 15 is 0 Å². The molecule has 1 amide bonds. The molecule has 2 aliphatic heterocycles. The van der Waals surface area contributed by atoms with Gasteiger partial charge in [-0.25, -0.2) is 0 Å². The standard InChI is InChI=1S/C23H29N3O3/c1-23(2)15-17-7-5-10-20(21(17)29-23)28-14-12-25-22(27)19-9-6-13-26(19)16-18-8-3-4-11-24-18/h3-5,7-8,10-11,19H,6,9,12-16H2,1-2H3,(H,25,27). The molecular weight excluding hydrogens is 366 g/mol. The Bertz CT molecular complexity index is 854. The number of para-hydroxylation sites is 1. The number of nitrogens with one attached hydrogen (secondary N) is 1. The number of hydrogen-bond acceptors (Lipinski definition) is 5. The van der Waals surface area contributed by atoms with Gasteiger partial charge in [-0.05, 0) is 51.4 Å². The Kier molecular flexibility index (Phi) is 5.72. The molecule has 0 aliphatic carbocycles. The van der Waals surface area contributed by atoms with Crippen LogP contribution in [-0.4, -0.2) is 47.1 Å². The van der Waals surface area contributed by atoms with Gasteiger partial charge >= 0.3 is 0 Å². The molecule has 1 aromatic carbocycles. The van der Waals surface area contributed by atoms with Gasteiger partial charge in [0.1, 0.15) is 12.2 Å². The maximum absolute atomic E-state index is 12.7. The van der Waals surface area contributed by atoms with Crippen molar-refractivity contribution in [3.05, 3.63) is 53.9 Å². The third-order valence-corrected chi connectivity index (χ3v) is 5.47. The predicted molar refractivity (Wildman–Crippen MR) is 111 cm³/mol. The molecule has 29 heavy (non-hydrogen) atoms. The van der Waals surface area contributed by atoms with Crippen LogP contribution in [-0.2, 0) is 17.8 Å². The highest BCUT2D eigenvalue weighted by Gasteiger charge is 2.32. The summed E-state index contributed by atoms with van der Waals surface area (Å²) in [5.74, 6) is 1.65. The van der Waals surface area contributed by atoms with Crippen molar-refractivity contribution in [2.75, 3.05) is 19.7 Å². The molecule has 3 heterocycles. The van der Waals surface area contributed by atoms with E-state index in [9.17, 15) is 4.79 Å². The Morgan fingerprint density at radius 3 is 3.03 bits per heavy atom. The van der Waals surface area contributed by atoms with Crippen LogP contribution in [0.5, 0.6) is 11.5 Å². The maximum atomic E-state index is 12.7. The summed E-state index contributed by atoms with van der Waals surface area (Å²) in [4.78, 5) is 19.3. The van der Waals surface area contributed by atoms with E-state index in [2.05, 4.69) is 35.1 Å². The Morgan fingerprint density at radius 1 is 1.31 bits per heavy atom. The molecule has 1 fully saturated rings. The van der Waals surface area contributed by atoms with Crippen LogP contribution in [0.25, 0.3) is 0 Å². The van der Waals surface area contributed by atoms with Gasteiger partial charge in [-0.3, -0.25) is 14.7 Å². The SMILES string of the molecule is CC1(C)Cc2cccc(OCCNC(=O)C3CCCN3Cc3ccccn3)c2O1. The number of hydrogen-bond donors (Lipinski definition) is 1. The normalized spacial score (nSPS) is 20.1. The number of aromatic nitrogens is 1. The minimum atomic E-state index is -0.199. The molecule has 2 aromatic rings. The van der Waals surface area contributed by atoms with E-state index in [-0.39, 0.29) is 17.6 Å². The lowest BCUT2D eigenvalue weighted by Crippen LogP contribution is -2.44. The zero-order valence-corrected chi connectivity index (χ0v) is 17.2. The van der Waals surface area contributed by atoms with Crippen LogP contribution >= 0.6 is 0 Å². The van der Waals surface area contributed by atoms with E-state index in [1.165, 1.54) is 5.56 Å².